The molecular weight excluding hydrogens is 520 g/mol. The molecule has 9 nitrogen and oxygen atoms in total. The van der Waals surface area contributed by atoms with Crippen LogP contribution in [0.3, 0.4) is 0 Å². The van der Waals surface area contributed by atoms with Crippen molar-refractivity contribution in [3.05, 3.63) is 64.5 Å². The monoisotopic (exact) mass is 556 g/mol. The average Bonchev–Trinajstić information content (AvgIpc) is 3.55. The minimum Gasteiger partial charge on any atom is -0.380 e. The van der Waals surface area contributed by atoms with Gasteiger partial charge in [-0.15, -0.1) is 11.3 Å². The van der Waals surface area contributed by atoms with E-state index in [-0.39, 0.29) is 0 Å². The van der Waals surface area contributed by atoms with Gasteiger partial charge in [-0.25, -0.2) is 13.1 Å². The van der Waals surface area contributed by atoms with E-state index in [9.17, 15) is 8.42 Å². The Bertz CT molecular complexity index is 1350. The van der Waals surface area contributed by atoms with Gasteiger partial charge >= 0.3 is 0 Å². The highest BCUT2D eigenvalue weighted by molar-refractivity contribution is 7.88. The molecule has 0 spiro atoms. The molecule has 0 bridgehead atoms. The van der Waals surface area contributed by atoms with Crippen LogP contribution in [-0.4, -0.2) is 85.8 Å². The van der Waals surface area contributed by atoms with Crippen LogP contribution in [0.4, 0.5) is 5.69 Å². The van der Waals surface area contributed by atoms with E-state index in [2.05, 4.69) is 51.8 Å². The van der Waals surface area contributed by atoms with Gasteiger partial charge in [-0.1, -0.05) is 23.8 Å². The molecule has 4 rings (SSSR count). The van der Waals surface area contributed by atoms with E-state index in [0.29, 0.717) is 32.8 Å². The molecule has 0 amide bonds. The van der Waals surface area contributed by atoms with Crippen LogP contribution < -0.4 is 5.32 Å². The summed E-state index contributed by atoms with van der Waals surface area (Å²) in [6.07, 6.45) is 6.92. The van der Waals surface area contributed by atoms with E-state index in [0.717, 1.165) is 42.4 Å². The lowest BCUT2D eigenvalue weighted by molar-refractivity contribution is 0.156. The molecule has 2 aromatic heterocycles. The highest BCUT2D eigenvalue weighted by atomic mass is 32.2. The molecular formula is C27H36N6O3S2. The zero-order valence-electron chi connectivity index (χ0n) is 22.2. The molecule has 1 aromatic carbocycles. The maximum atomic E-state index is 11.8. The first-order chi connectivity index (χ1) is 18.3. The Kier molecular flexibility index (Phi) is 9.86. The number of thiophene rings is 1. The van der Waals surface area contributed by atoms with Gasteiger partial charge in [-0.2, -0.15) is 9.40 Å². The number of piperazine rings is 1. The molecule has 3 heterocycles. The zero-order valence-corrected chi connectivity index (χ0v) is 23.8. The summed E-state index contributed by atoms with van der Waals surface area (Å²) in [5, 5.41) is 10.4. The smallest absolute Gasteiger partial charge is 0.211 e. The molecule has 0 aliphatic carbocycles. The summed E-state index contributed by atoms with van der Waals surface area (Å²) >= 11 is 1.68. The van der Waals surface area contributed by atoms with Crippen molar-refractivity contribution in [2.24, 2.45) is 4.99 Å². The molecule has 1 aliphatic heterocycles. The summed E-state index contributed by atoms with van der Waals surface area (Å²) in [4.78, 5) is 7.95. The molecule has 11 heteroatoms. The number of ether oxygens (including phenoxy) is 1. The number of rotatable bonds is 12. The third-order valence-corrected chi connectivity index (χ3v) is 8.39. The summed E-state index contributed by atoms with van der Waals surface area (Å²) in [6, 6.07) is 12.4. The third kappa shape index (κ3) is 8.08. The minimum atomic E-state index is -3.12. The SMILES string of the molecule is CCOCCN=C/C=C(\Nc1csc(CN2CCN(S(C)(=O)=O)CC2)c1)n1ccc(-c2cccc(C)c2)n1. The number of aryl methyl sites for hydroxylation is 1. The number of aromatic nitrogens is 2. The lowest BCUT2D eigenvalue weighted by Crippen LogP contribution is -2.47. The first-order valence-electron chi connectivity index (χ1n) is 12.7. The molecule has 0 unspecified atom stereocenters. The van der Waals surface area contributed by atoms with Crippen molar-refractivity contribution in [2.45, 2.75) is 20.4 Å². The highest BCUT2D eigenvalue weighted by Gasteiger charge is 2.23. The maximum Gasteiger partial charge on any atom is 0.211 e. The van der Waals surface area contributed by atoms with Crippen molar-refractivity contribution in [1.82, 2.24) is 19.0 Å². The van der Waals surface area contributed by atoms with Crippen molar-refractivity contribution < 1.29 is 13.2 Å². The van der Waals surface area contributed by atoms with Crippen LogP contribution in [0.5, 0.6) is 0 Å². The number of sulfonamides is 1. The number of hydrogen-bond acceptors (Lipinski definition) is 8. The first-order valence-corrected chi connectivity index (χ1v) is 15.5. The fraction of sp³-hybridized carbons (Fsp3) is 0.407. The summed E-state index contributed by atoms with van der Waals surface area (Å²) in [6.45, 7) is 9.24. The average molecular weight is 557 g/mol. The van der Waals surface area contributed by atoms with E-state index in [4.69, 9.17) is 9.84 Å². The van der Waals surface area contributed by atoms with Crippen molar-refractivity contribution in [2.75, 3.05) is 57.5 Å². The standard InChI is InChI=1S/C27H36N6O3S2/c1-4-36-17-11-28-10-8-27(33-12-9-26(30-33)23-7-5-6-22(2)18-23)29-24-19-25(37-21-24)20-31-13-15-32(16-14-31)38(3,34)35/h5-10,12,18-19,21,29H,4,11,13-17,20H2,1-3H3/b27-8+,28-10?. The van der Waals surface area contributed by atoms with Crippen molar-refractivity contribution in [1.29, 1.82) is 0 Å². The summed E-state index contributed by atoms with van der Waals surface area (Å²) in [7, 11) is -3.12. The van der Waals surface area contributed by atoms with Crippen LogP contribution in [0.2, 0.25) is 0 Å². The van der Waals surface area contributed by atoms with E-state index in [1.54, 1.807) is 21.9 Å². The van der Waals surface area contributed by atoms with Gasteiger partial charge in [0, 0.05) is 67.6 Å². The molecule has 204 valence electrons. The molecule has 0 saturated carbocycles. The molecule has 1 aliphatic rings. The molecule has 0 radical (unpaired) electrons. The Balaban J connectivity index is 1.45. The second-order valence-corrected chi connectivity index (χ2v) is 12.2. The van der Waals surface area contributed by atoms with Crippen molar-refractivity contribution in [3.63, 3.8) is 0 Å². The Morgan fingerprint density at radius 3 is 2.76 bits per heavy atom. The molecule has 0 atom stereocenters. The van der Waals surface area contributed by atoms with Crippen LogP contribution in [0.15, 0.2) is 59.0 Å². The van der Waals surface area contributed by atoms with Crippen LogP contribution in [0.1, 0.15) is 17.4 Å². The molecule has 1 N–H and O–H groups in total. The lowest BCUT2D eigenvalue weighted by Gasteiger charge is -2.32. The van der Waals surface area contributed by atoms with Gasteiger partial charge in [-0.05, 0) is 38.1 Å². The predicted molar refractivity (Wildman–Crippen MR) is 156 cm³/mol. The van der Waals surface area contributed by atoms with Gasteiger partial charge in [0.05, 0.1) is 30.8 Å². The number of benzene rings is 1. The Labute approximate surface area is 229 Å². The number of allylic oxidation sites excluding steroid dienone is 1. The summed E-state index contributed by atoms with van der Waals surface area (Å²) in [5.41, 5.74) is 4.13. The Hall–Kier alpha value is -2.83. The summed E-state index contributed by atoms with van der Waals surface area (Å²) in [5.74, 6) is 0.787. The van der Waals surface area contributed by atoms with Gasteiger partial charge in [0.15, 0.2) is 0 Å². The van der Waals surface area contributed by atoms with Gasteiger partial charge in [-0.3, -0.25) is 9.89 Å². The second-order valence-electron chi connectivity index (χ2n) is 9.18. The van der Waals surface area contributed by atoms with Gasteiger partial charge in [0.1, 0.15) is 5.82 Å². The fourth-order valence-corrected chi connectivity index (χ4v) is 5.85. The summed E-state index contributed by atoms with van der Waals surface area (Å²) < 4.78 is 32.3. The number of nitrogens with zero attached hydrogens (tertiary/aromatic N) is 5. The number of aliphatic imine (C=N–C) groups is 1. The van der Waals surface area contributed by atoms with E-state index < -0.39 is 10.0 Å². The zero-order chi connectivity index (χ0) is 27.0. The first kappa shape index (κ1) is 28.2. The number of hydrogen-bond donors (Lipinski definition) is 1. The molecule has 1 fully saturated rings. The molecule has 38 heavy (non-hydrogen) atoms. The normalized spacial score (nSPS) is 15.9. The van der Waals surface area contributed by atoms with Crippen molar-refractivity contribution >= 4 is 39.1 Å². The van der Waals surface area contributed by atoms with E-state index in [1.165, 1.54) is 16.7 Å². The van der Waals surface area contributed by atoms with E-state index >= 15 is 0 Å². The number of anilines is 1. The Morgan fingerprint density at radius 2 is 2.03 bits per heavy atom. The van der Waals surface area contributed by atoms with Gasteiger partial charge in [0.25, 0.3) is 0 Å². The number of nitrogens with one attached hydrogen (secondary N) is 1. The predicted octanol–water partition coefficient (Wildman–Crippen LogP) is 4.02. The minimum absolute atomic E-state index is 0.535. The fourth-order valence-electron chi connectivity index (χ4n) is 4.17. The van der Waals surface area contributed by atoms with Gasteiger partial charge < -0.3 is 10.1 Å². The quantitative estimate of drug-likeness (QED) is 0.268. The van der Waals surface area contributed by atoms with Crippen molar-refractivity contribution in [3.8, 4) is 11.3 Å². The van der Waals surface area contributed by atoms with Crippen LogP contribution >= 0.6 is 11.3 Å². The largest absolute Gasteiger partial charge is 0.380 e. The molecule has 3 aromatic rings. The van der Waals surface area contributed by atoms with E-state index in [1.807, 2.05) is 36.0 Å². The Morgan fingerprint density at radius 1 is 1.21 bits per heavy atom. The maximum absolute atomic E-state index is 11.8. The van der Waals surface area contributed by atoms with Crippen LogP contribution in [0.25, 0.3) is 17.1 Å². The molecule has 1 saturated heterocycles. The van der Waals surface area contributed by atoms with Crippen LogP contribution in [0, 0.1) is 6.92 Å². The lowest BCUT2D eigenvalue weighted by atomic mass is 10.1. The topological polar surface area (TPSA) is 92.1 Å². The highest BCUT2D eigenvalue weighted by Crippen LogP contribution is 2.25. The van der Waals surface area contributed by atoms with Gasteiger partial charge in [0.2, 0.25) is 10.0 Å². The third-order valence-electron chi connectivity index (χ3n) is 6.16. The second kappa shape index (κ2) is 13.3. The van der Waals surface area contributed by atoms with Crippen LogP contribution in [-0.2, 0) is 21.3 Å².